The molecule has 0 fully saturated rings. The summed E-state index contributed by atoms with van der Waals surface area (Å²) in [6, 6.07) is 5.70. The number of nitrogens with zero attached hydrogens (tertiary/aromatic N) is 1. The van der Waals surface area contributed by atoms with Crippen molar-refractivity contribution in [3.05, 3.63) is 89.2 Å². The van der Waals surface area contributed by atoms with Crippen LogP contribution < -0.4 is 5.32 Å². The number of likely N-dealkylation sites (N-methyl/N-ethyl adjacent to an activating group) is 1. The number of hydrogen-bond acceptors (Lipinski definition) is 2. The zero-order valence-electron chi connectivity index (χ0n) is 18.2. The number of rotatable bonds is 7. The minimum Gasteiger partial charge on any atom is -0.356 e. The zero-order valence-corrected chi connectivity index (χ0v) is 18.2. The van der Waals surface area contributed by atoms with Gasteiger partial charge in [0.05, 0.1) is 5.56 Å². The lowest BCUT2D eigenvalue weighted by molar-refractivity contribution is -0.137. The van der Waals surface area contributed by atoms with Crippen LogP contribution in [0, 0.1) is 0 Å². The molecule has 162 valence electrons. The van der Waals surface area contributed by atoms with Gasteiger partial charge in [-0.15, -0.1) is 0 Å². The van der Waals surface area contributed by atoms with E-state index in [0.717, 1.165) is 42.7 Å². The van der Waals surface area contributed by atoms with Crippen LogP contribution in [-0.4, -0.2) is 24.5 Å². The average molecular weight is 417 g/mol. The van der Waals surface area contributed by atoms with Crippen molar-refractivity contribution < 1.29 is 13.2 Å². The van der Waals surface area contributed by atoms with E-state index in [1.54, 1.807) is 12.1 Å². The molecule has 5 heteroatoms. The van der Waals surface area contributed by atoms with E-state index in [0.29, 0.717) is 23.0 Å². The average Bonchev–Trinajstić information content (AvgIpc) is 2.70. The molecule has 1 unspecified atom stereocenters. The molecule has 0 aliphatic carbocycles. The van der Waals surface area contributed by atoms with Crippen molar-refractivity contribution in [2.75, 3.05) is 13.6 Å². The maximum absolute atomic E-state index is 13.0. The Balaban J connectivity index is 2.27. The van der Waals surface area contributed by atoms with Crippen LogP contribution in [0.15, 0.2) is 78.1 Å². The summed E-state index contributed by atoms with van der Waals surface area (Å²) in [6.07, 6.45) is 3.65. The van der Waals surface area contributed by atoms with Gasteiger partial charge in [-0.3, -0.25) is 4.90 Å². The fourth-order valence-electron chi connectivity index (χ4n) is 3.58. The molecule has 1 aliphatic rings. The first kappa shape index (κ1) is 23.7. The van der Waals surface area contributed by atoms with Crippen LogP contribution in [-0.2, 0) is 6.18 Å². The summed E-state index contributed by atoms with van der Waals surface area (Å²) >= 11 is 0. The second kappa shape index (κ2) is 9.98. The topological polar surface area (TPSA) is 15.3 Å². The second-order valence-electron chi connectivity index (χ2n) is 7.84. The van der Waals surface area contributed by atoms with E-state index in [1.807, 2.05) is 6.08 Å². The summed E-state index contributed by atoms with van der Waals surface area (Å²) in [6.45, 7) is 14.9. The fraction of sp³-hybridized carbons (Fsp3) is 0.360. The molecule has 0 spiro atoms. The van der Waals surface area contributed by atoms with E-state index < -0.39 is 11.7 Å². The molecule has 0 saturated heterocycles. The van der Waals surface area contributed by atoms with Crippen molar-refractivity contribution >= 4 is 5.70 Å². The van der Waals surface area contributed by atoms with Crippen LogP contribution in [0.3, 0.4) is 0 Å². The van der Waals surface area contributed by atoms with Gasteiger partial charge < -0.3 is 5.32 Å². The molecule has 1 atom stereocenters. The Bertz CT molecular complexity index is 884. The van der Waals surface area contributed by atoms with Crippen molar-refractivity contribution in [2.45, 2.75) is 45.8 Å². The van der Waals surface area contributed by atoms with Crippen LogP contribution in [0.4, 0.5) is 13.2 Å². The Morgan fingerprint density at radius 1 is 1.30 bits per heavy atom. The third kappa shape index (κ3) is 5.99. The van der Waals surface area contributed by atoms with Crippen molar-refractivity contribution in [1.29, 1.82) is 0 Å². The molecular formula is C25H31F3N2. The smallest absolute Gasteiger partial charge is 0.356 e. The Morgan fingerprint density at radius 3 is 2.53 bits per heavy atom. The van der Waals surface area contributed by atoms with Crippen molar-refractivity contribution in [2.24, 2.45) is 0 Å². The number of allylic oxidation sites excluding steroid dienone is 3. The Kier molecular flexibility index (Phi) is 7.90. The molecule has 1 heterocycles. The summed E-state index contributed by atoms with van der Waals surface area (Å²) in [4.78, 5) is 2.36. The van der Waals surface area contributed by atoms with Gasteiger partial charge in [0.1, 0.15) is 0 Å². The normalized spacial score (nSPS) is 17.9. The number of alkyl halides is 3. The summed E-state index contributed by atoms with van der Waals surface area (Å²) in [5, 5.41) is 3.12. The van der Waals surface area contributed by atoms with Gasteiger partial charge in [-0.25, -0.2) is 0 Å². The third-order valence-electron chi connectivity index (χ3n) is 5.39. The highest BCUT2D eigenvalue weighted by atomic mass is 19.4. The molecule has 1 N–H and O–H groups in total. The zero-order chi connectivity index (χ0) is 22.5. The molecule has 2 rings (SSSR count). The van der Waals surface area contributed by atoms with Gasteiger partial charge in [-0.05, 0) is 74.7 Å². The van der Waals surface area contributed by atoms with Gasteiger partial charge in [0.15, 0.2) is 0 Å². The van der Waals surface area contributed by atoms with E-state index in [9.17, 15) is 13.2 Å². The Labute approximate surface area is 178 Å². The van der Waals surface area contributed by atoms with Gasteiger partial charge in [0, 0.05) is 24.0 Å². The molecule has 0 aromatic heterocycles. The summed E-state index contributed by atoms with van der Waals surface area (Å²) in [5.74, 6) is 0. The molecule has 0 radical (unpaired) electrons. The van der Waals surface area contributed by atoms with Gasteiger partial charge in [-0.2, -0.15) is 13.2 Å². The highest BCUT2D eigenvalue weighted by Gasteiger charge is 2.30. The number of halogens is 3. The summed E-state index contributed by atoms with van der Waals surface area (Å²) in [5.41, 5.74) is 4.28. The second-order valence-corrected chi connectivity index (χ2v) is 7.84. The molecule has 0 amide bonds. The molecular weight excluding hydrogens is 385 g/mol. The first-order valence-electron chi connectivity index (χ1n) is 10.1. The predicted octanol–water partition coefficient (Wildman–Crippen LogP) is 6.71. The molecule has 1 aromatic rings. The van der Waals surface area contributed by atoms with Crippen LogP contribution in [0.2, 0.25) is 0 Å². The lowest BCUT2D eigenvalue weighted by Gasteiger charge is -2.32. The molecule has 2 nitrogen and oxygen atoms in total. The standard InChI is InChI=1S/C25H31F3N2/c1-7-22(29-18(5)19-10-9-11-21(14-19)25(26,27)28)15-24(17(3)4)20-12-13-23(8-2)30(6)16-20/h7,9-12,14-15,23,29H,1,5,8,13,16H2,2-4,6H3/b22-15+. The maximum Gasteiger partial charge on any atom is 0.416 e. The van der Waals surface area contributed by atoms with Crippen molar-refractivity contribution in [3.63, 3.8) is 0 Å². The van der Waals surface area contributed by atoms with E-state index in [1.165, 1.54) is 11.6 Å². The molecule has 0 saturated carbocycles. The maximum atomic E-state index is 13.0. The van der Waals surface area contributed by atoms with E-state index in [2.05, 4.69) is 57.3 Å². The van der Waals surface area contributed by atoms with Gasteiger partial charge in [0.2, 0.25) is 0 Å². The fourth-order valence-corrected chi connectivity index (χ4v) is 3.58. The molecule has 0 bridgehead atoms. The number of hydrogen-bond donors (Lipinski definition) is 1. The van der Waals surface area contributed by atoms with Gasteiger partial charge >= 0.3 is 6.18 Å². The van der Waals surface area contributed by atoms with Gasteiger partial charge in [0.25, 0.3) is 0 Å². The first-order chi connectivity index (χ1) is 14.1. The Hall–Kier alpha value is -2.53. The van der Waals surface area contributed by atoms with Crippen molar-refractivity contribution in [3.8, 4) is 0 Å². The van der Waals surface area contributed by atoms with Crippen LogP contribution in [0.25, 0.3) is 5.70 Å². The minimum absolute atomic E-state index is 0.388. The van der Waals surface area contributed by atoms with E-state index in [4.69, 9.17) is 0 Å². The SMILES string of the molecule is C=C/C(=C\C(C1=CCC(CC)N(C)C1)=C(C)C)NC(=C)c1cccc(C(F)(F)F)c1. The van der Waals surface area contributed by atoms with Gasteiger partial charge in [-0.1, -0.05) is 43.9 Å². The number of benzene rings is 1. The van der Waals surface area contributed by atoms with E-state index in [-0.39, 0.29) is 0 Å². The quantitative estimate of drug-likeness (QED) is 0.497. The molecule has 1 aromatic carbocycles. The van der Waals surface area contributed by atoms with Crippen LogP contribution >= 0.6 is 0 Å². The van der Waals surface area contributed by atoms with Crippen molar-refractivity contribution in [1.82, 2.24) is 10.2 Å². The van der Waals surface area contributed by atoms with Crippen LogP contribution in [0.1, 0.15) is 44.7 Å². The summed E-state index contributed by atoms with van der Waals surface area (Å²) < 4.78 is 39.1. The number of nitrogens with one attached hydrogen (secondary N) is 1. The first-order valence-corrected chi connectivity index (χ1v) is 10.1. The third-order valence-corrected chi connectivity index (χ3v) is 5.39. The lowest BCUT2D eigenvalue weighted by atomic mass is 9.93. The highest BCUT2D eigenvalue weighted by molar-refractivity contribution is 5.65. The predicted molar refractivity (Wildman–Crippen MR) is 120 cm³/mol. The monoisotopic (exact) mass is 416 g/mol. The largest absolute Gasteiger partial charge is 0.416 e. The summed E-state index contributed by atoms with van der Waals surface area (Å²) in [7, 11) is 2.13. The van der Waals surface area contributed by atoms with E-state index >= 15 is 0 Å². The highest BCUT2D eigenvalue weighted by Crippen LogP contribution is 2.31. The van der Waals surface area contributed by atoms with Crippen LogP contribution in [0.5, 0.6) is 0 Å². The molecule has 30 heavy (non-hydrogen) atoms. The Morgan fingerprint density at radius 2 is 2.00 bits per heavy atom. The molecule has 1 aliphatic heterocycles. The minimum atomic E-state index is -4.39. The lowest BCUT2D eigenvalue weighted by Crippen LogP contribution is -2.35.